The highest BCUT2D eigenvalue weighted by Crippen LogP contribution is 2.22. The molecule has 0 atom stereocenters. The first-order valence-electron chi connectivity index (χ1n) is 8.71. The second-order valence-electron chi connectivity index (χ2n) is 6.47. The molecule has 0 aliphatic carbocycles. The van der Waals surface area contributed by atoms with Crippen LogP contribution in [0.3, 0.4) is 0 Å². The molecule has 1 N–H and O–H groups in total. The Balaban J connectivity index is 1.46. The molecule has 3 heteroatoms. The highest BCUT2D eigenvalue weighted by atomic mass is 15.1. The zero-order valence-corrected chi connectivity index (χ0v) is 13.8. The number of fused-ring (bicyclic) bond motifs is 1. The number of rotatable bonds is 5. The maximum absolute atomic E-state index is 4.32. The molecule has 1 aromatic heterocycles. The van der Waals surface area contributed by atoms with Crippen LogP contribution in [0.1, 0.15) is 18.4 Å². The molecule has 24 heavy (non-hydrogen) atoms. The molecule has 3 nitrogen and oxygen atoms in total. The van der Waals surface area contributed by atoms with Crippen molar-refractivity contribution in [3.8, 4) is 0 Å². The average molecular weight is 316 g/mol. The Hall–Kier alpha value is -2.39. The summed E-state index contributed by atoms with van der Waals surface area (Å²) < 4.78 is 0. The van der Waals surface area contributed by atoms with E-state index in [0.29, 0.717) is 0 Å². The first-order chi connectivity index (χ1) is 11.9. The first kappa shape index (κ1) is 15.2. The molecule has 1 aliphatic rings. The van der Waals surface area contributed by atoms with Crippen molar-refractivity contribution in [1.29, 1.82) is 0 Å². The number of likely N-dealkylation sites (tertiary alicyclic amines) is 1. The summed E-state index contributed by atoms with van der Waals surface area (Å²) in [5, 5.41) is 4.61. The Kier molecular flexibility index (Phi) is 4.43. The van der Waals surface area contributed by atoms with Gasteiger partial charge in [0, 0.05) is 35.6 Å². The predicted octanol–water partition coefficient (Wildman–Crippen LogP) is 4.42. The fourth-order valence-electron chi connectivity index (χ4n) is 3.36. The van der Waals surface area contributed by atoms with Crippen molar-refractivity contribution >= 4 is 22.3 Å². The molecule has 4 rings (SSSR count). The van der Waals surface area contributed by atoms with E-state index >= 15 is 0 Å². The molecule has 121 valence electrons. The second kappa shape index (κ2) is 7.02. The van der Waals surface area contributed by atoms with Crippen molar-refractivity contribution in [2.24, 2.45) is 0 Å². The van der Waals surface area contributed by atoms with Crippen molar-refractivity contribution in [3.05, 3.63) is 66.4 Å². The van der Waals surface area contributed by atoms with Crippen LogP contribution >= 0.6 is 0 Å². The molecule has 0 unspecified atom stereocenters. The van der Waals surface area contributed by atoms with Gasteiger partial charge in [-0.15, -0.1) is 0 Å². The average Bonchev–Trinajstić information content (AvgIpc) is 3.14. The normalized spacial score (nSPS) is 15.0. The lowest BCUT2D eigenvalue weighted by Crippen LogP contribution is -2.21. The van der Waals surface area contributed by atoms with Crippen LogP contribution in [0.25, 0.3) is 10.9 Å². The second-order valence-corrected chi connectivity index (χ2v) is 6.47. The van der Waals surface area contributed by atoms with Gasteiger partial charge in [0.05, 0.1) is 5.52 Å². The molecule has 1 aliphatic heterocycles. The topological polar surface area (TPSA) is 28.2 Å². The summed E-state index contributed by atoms with van der Waals surface area (Å²) in [6.07, 6.45) is 5.54. The quantitative estimate of drug-likeness (QED) is 0.755. The number of aromatic nitrogens is 1. The van der Waals surface area contributed by atoms with Crippen LogP contribution < -0.4 is 5.32 Å². The SMILES string of the molecule is [c]1cnc2ccc(Nc3cccc(CCN4CCCC4)c3)cc2c1. The van der Waals surface area contributed by atoms with Gasteiger partial charge in [0.15, 0.2) is 0 Å². The third-order valence-corrected chi connectivity index (χ3v) is 4.68. The maximum Gasteiger partial charge on any atom is 0.0703 e. The summed E-state index contributed by atoms with van der Waals surface area (Å²) in [5.74, 6) is 0. The lowest BCUT2D eigenvalue weighted by Gasteiger charge is -2.15. The zero-order chi connectivity index (χ0) is 16.2. The largest absolute Gasteiger partial charge is 0.355 e. The molecule has 2 aromatic carbocycles. The summed E-state index contributed by atoms with van der Waals surface area (Å²) in [7, 11) is 0. The number of nitrogens with zero attached hydrogens (tertiary/aromatic N) is 2. The summed E-state index contributed by atoms with van der Waals surface area (Å²) in [4.78, 5) is 6.88. The minimum Gasteiger partial charge on any atom is -0.355 e. The molecule has 0 spiro atoms. The minimum atomic E-state index is 0.999. The molecule has 1 radical (unpaired) electrons. The van der Waals surface area contributed by atoms with E-state index < -0.39 is 0 Å². The van der Waals surface area contributed by atoms with Crippen molar-refractivity contribution < 1.29 is 0 Å². The number of nitrogens with one attached hydrogen (secondary N) is 1. The van der Waals surface area contributed by atoms with Crippen LogP contribution in [-0.2, 0) is 6.42 Å². The Labute approximate surface area is 143 Å². The summed E-state index contributed by atoms with van der Waals surface area (Å²) >= 11 is 0. The molecule has 0 saturated carbocycles. The Bertz CT molecular complexity index is 822. The first-order valence-corrected chi connectivity index (χ1v) is 8.71. The van der Waals surface area contributed by atoms with E-state index in [0.717, 1.165) is 28.7 Å². The number of benzene rings is 2. The van der Waals surface area contributed by atoms with E-state index in [1.807, 2.05) is 12.1 Å². The third-order valence-electron chi connectivity index (χ3n) is 4.68. The van der Waals surface area contributed by atoms with Gasteiger partial charge in [-0.3, -0.25) is 4.98 Å². The van der Waals surface area contributed by atoms with Gasteiger partial charge in [-0.25, -0.2) is 0 Å². The number of hydrogen-bond acceptors (Lipinski definition) is 3. The summed E-state index contributed by atoms with van der Waals surface area (Å²) in [6, 6.07) is 20.0. The number of anilines is 2. The fourth-order valence-corrected chi connectivity index (χ4v) is 3.36. The van der Waals surface area contributed by atoms with Gasteiger partial charge in [-0.05, 0) is 74.3 Å². The van der Waals surface area contributed by atoms with Crippen molar-refractivity contribution in [2.45, 2.75) is 19.3 Å². The number of hydrogen-bond donors (Lipinski definition) is 1. The molecule has 1 fully saturated rings. The van der Waals surface area contributed by atoms with Gasteiger partial charge >= 0.3 is 0 Å². The highest BCUT2D eigenvalue weighted by Gasteiger charge is 2.10. The van der Waals surface area contributed by atoms with Crippen LogP contribution in [0, 0.1) is 6.07 Å². The van der Waals surface area contributed by atoms with Crippen LogP contribution in [0.2, 0.25) is 0 Å². The van der Waals surface area contributed by atoms with Crippen LogP contribution in [0.5, 0.6) is 0 Å². The number of pyridine rings is 1. The minimum absolute atomic E-state index is 0.999. The predicted molar refractivity (Wildman–Crippen MR) is 99.7 cm³/mol. The summed E-state index contributed by atoms with van der Waals surface area (Å²) in [5.41, 5.74) is 4.61. The van der Waals surface area contributed by atoms with Gasteiger partial charge in [0.2, 0.25) is 0 Å². The van der Waals surface area contributed by atoms with Gasteiger partial charge in [0.1, 0.15) is 0 Å². The molecular weight excluding hydrogens is 294 g/mol. The van der Waals surface area contributed by atoms with Crippen molar-refractivity contribution in [2.75, 3.05) is 25.0 Å². The van der Waals surface area contributed by atoms with Gasteiger partial charge < -0.3 is 10.2 Å². The van der Waals surface area contributed by atoms with E-state index in [1.54, 1.807) is 6.20 Å². The third kappa shape index (κ3) is 3.57. The van der Waals surface area contributed by atoms with Crippen LogP contribution in [-0.4, -0.2) is 29.5 Å². The summed E-state index contributed by atoms with van der Waals surface area (Å²) in [6.45, 7) is 3.70. The molecule has 1 saturated heterocycles. The maximum atomic E-state index is 4.32. The van der Waals surface area contributed by atoms with Gasteiger partial charge in [0.25, 0.3) is 0 Å². The molecule has 3 aromatic rings. The lowest BCUT2D eigenvalue weighted by molar-refractivity contribution is 0.343. The highest BCUT2D eigenvalue weighted by molar-refractivity contribution is 5.83. The smallest absolute Gasteiger partial charge is 0.0703 e. The Morgan fingerprint density at radius 3 is 2.83 bits per heavy atom. The van der Waals surface area contributed by atoms with Crippen molar-refractivity contribution in [1.82, 2.24) is 9.88 Å². The molecule has 0 amide bonds. The Morgan fingerprint density at radius 2 is 1.92 bits per heavy atom. The van der Waals surface area contributed by atoms with E-state index in [-0.39, 0.29) is 0 Å². The molecule has 0 bridgehead atoms. The van der Waals surface area contributed by atoms with E-state index in [1.165, 1.54) is 38.0 Å². The van der Waals surface area contributed by atoms with E-state index in [9.17, 15) is 0 Å². The van der Waals surface area contributed by atoms with Crippen LogP contribution in [0.15, 0.2) is 54.7 Å². The monoisotopic (exact) mass is 316 g/mol. The van der Waals surface area contributed by atoms with Crippen molar-refractivity contribution in [3.63, 3.8) is 0 Å². The Morgan fingerprint density at radius 1 is 1.04 bits per heavy atom. The van der Waals surface area contributed by atoms with E-state index in [2.05, 4.69) is 57.7 Å². The lowest BCUT2D eigenvalue weighted by atomic mass is 10.1. The molecule has 2 heterocycles. The van der Waals surface area contributed by atoms with E-state index in [4.69, 9.17) is 0 Å². The molecular formula is C21H22N3. The zero-order valence-electron chi connectivity index (χ0n) is 13.8. The van der Waals surface area contributed by atoms with Gasteiger partial charge in [-0.2, -0.15) is 0 Å². The fraction of sp³-hybridized carbons (Fsp3) is 0.286. The van der Waals surface area contributed by atoms with Crippen LogP contribution in [0.4, 0.5) is 11.4 Å². The standard InChI is InChI=1S/C21H22N3/c1-2-13-24(12-1)14-10-17-5-3-7-19(15-17)23-20-8-9-21-18(16-20)6-4-11-22-21/h3,5-9,11,15-16,23H,1-2,10,12-14H2. The van der Waals surface area contributed by atoms with Gasteiger partial charge in [-0.1, -0.05) is 12.1 Å².